The van der Waals surface area contributed by atoms with Crippen LogP contribution in [0.2, 0.25) is 0 Å². The van der Waals surface area contributed by atoms with E-state index in [2.05, 4.69) is 284 Å². The second kappa shape index (κ2) is 23.4. The molecule has 0 fully saturated rings. The van der Waals surface area contributed by atoms with Crippen molar-refractivity contribution in [2.45, 2.75) is 13.0 Å². The van der Waals surface area contributed by atoms with Crippen molar-refractivity contribution >= 4 is 133 Å². The van der Waals surface area contributed by atoms with Gasteiger partial charge in [0.05, 0.1) is 40.3 Å². The summed E-state index contributed by atoms with van der Waals surface area (Å²) in [4.78, 5) is 10.2. The lowest BCUT2D eigenvalue weighted by Gasteiger charge is -2.33. The van der Waals surface area contributed by atoms with Gasteiger partial charge in [-0.25, -0.2) is 4.99 Å². The fourth-order valence-electron chi connectivity index (χ4n) is 15.6. The molecule has 0 saturated carbocycles. The highest BCUT2D eigenvalue weighted by molar-refractivity contribution is 6.40. The molecule has 2 aliphatic rings. The van der Waals surface area contributed by atoms with Gasteiger partial charge in [0.15, 0.2) is 0 Å². The normalized spacial score (nSPS) is 13.6. The number of nitriles is 2. The Kier molecular flexibility index (Phi) is 13.5. The van der Waals surface area contributed by atoms with E-state index in [1.807, 2.05) is 66.7 Å². The number of hydrogen-bond donors (Lipinski definition) is 0. The topological polar surface area (TPSA) is 92.7 Å². The van der Waals surface area contributed by atoms with E-state index in [4.69, 9.17) is 13.8 Å². The number of para-hydroxylation sites is 2. The second-order valence-corrected chi connectivity index (χ2v) is 25.9. The maximum Gasteiger partial charge on any atom is 0.145 e. The molecule has 0 amide bonds. The van der Waals surface area contributed by atoms with E-state index in [0.29, 0.717) is 72.0 Å². The van der Waals surface area contributed by atoms with Gasteiger partial charge in [-0.15, -0.1) is 0 Å². The van der Waals surface area contributed by atoms with Gasteiger partial charge in [0.2, 0.25) is 0 Å². The number of anilines is 4. The highest BCUT2D eigenvalue weighted by Crippen LogP contribution is 2.54. The Morgan fingerprint density at radius 2 is 1.13 bits per heavy atom. The molecule has 1 atom stereocenters. The predicted molar refractivity (Wildman–Crippen MR) is 412 cm³/mol. The number of hydrogen-bond acceptors (Lipinski definition) is 7. The monoisotopic (exact) mass is 1280 g/mol. The van der Waals surface area contributed by atoms with Crippen molar-refractivity contribution in [3.63, 3.8) is 0 Å². The van der Waals surface area contributed by atoms with Crippen LogP contribution in [0.4, 0.5) is 28.4 Å². The Labute approximate surface area is 575 Å². The molecule has 7 nitrogen and oxygen atoms in total. The quantitative estimate of drug-likeness (QED) is 0.100. The Morgan fingerprint density at radius 1 is 0.460 bits per heavy atom. The minimum absolute atomic E-state index is 0.0896. The third-order valence-corrected chi connectivity index (χ3v) is 20.2. The third kappa shape index (κ3) is 9.37. The van der Waals surface area contributed by atoms with Crippen LogP contribution in [0.3, 0.4) is 0 Å². The van der Waals surface area contributed by atoms with Gasteiger partial charge in [-0.2, -0.15) is 10.5 Å². The van der Waals surface area contributed by atoms with Crippen LogP contribution in [-0.4, -0.2) is 11.8 Å². The second-order valence-electron chi connectivity index (χ2n) is 25.9. The summed E-state index contributed by atoms with van der Waals surface area (Å²) in [5.41, 5.74) is 17.8. The van der Waals surface area contributed by atoms with Gasteiger partial charge >= 0.3 is 0 Å². The summed E-state index contributed by atoms with van der Waals surface area (Å²) < 4.78 is 15.1. The molecular weight excluding hydrogens is 1220 g/mol. The van der Waals surface area contributed by atoms with E-state index < -0.39 is 0 Å². The van der Waals surface area contributed by atoms with Gasteiger partial charge in [-0.05, 0) is 145 Å². The molecule has 1 aliphatic carbocycles. The van der Waals surface area contributed by atoms with Crippen LogP contribution < -0.4 is 20.2 Å². The molecule has 0 saturated heterocycles. The first kappa shape index (κ1) is 57.8. The van der Waals surface area contributed by atoms with Gasteiger partial charge in [-0.3, -0.25) is 0 Å². The van der Waals surface area contributed by atoms with Crippen LogP contribution >= 0.6 is 0 Å². The van der Waals surface area contributed by atoms with Crippen LogP contribution in [0.1, 0.15) is 27.8 Å². The number of aliphatic imine (C=N–C) groups is 1. The molecule has 0 spiro atoms. The summed E-state index contributed by atoms with van der Waals surface area (Å²) >= 11 is 0. The Morgan fingerprint density at radius 3 is 1.92 bits per heavy atom. The van der Waals surface area contributed by atoms with Crippen LogP contribution in [-0.2, 0) is 0 Å². The average molecular weight is 1280 g/mol. The van der Waals surface area contributed by atoms with Crippen molar-refractivity contribution in [1.82, 2.24) is 0 Å². The Balaban J connectivity index is 0.992. The van der Waals surface area contributed by atoms with E-state index in [1.54, 1.807) is 0 Å². The lowest BCUT2D eigenvalue weighted by Crippen LogP contribution is -2.44. The molecule has 0 radical (unpaired) electrons. The van der Waals surface area contributed by atoms with Gasteiger partial charge in [0, 0.05) is 83.0 Å². The number of fused-ring (bicyclic) bond motifs is 15. The average Bonchev–Trinajstić information content (AvgIpc) is 1.38. The summed E-state index contributed by atoms with van der Waals surface area (Å²) in [6, 6.07) is 107. The number of benzene rings is 15. The first-order valence-corrected chi connectivity index (χ1v) is 33.7. The molecule has 0 bridgehead atoms. The molecule has 1 unspecified atom stereocenters. The van der Waals surface area contributed by atoms with Crippen LogP contribution in [0.25, 0.3) is 132 Å². The summed E-state index contributed by atoms with van der Waals surface area (Å²) in [6.45, 7) is 2.13. The van der Waals surface area contributed by atoms with Crippen LogP contribution in [0.5, 0.6) is 0 Å². The van der Waals surface area contributed by atoms with E-state index >= 15 is 0 Å². The molecule has 3 heterocycles. The Hall–Kier alpha value is -13.6. The maximum absolute atomic E-state index is 12.9. The zero-order chi connectivity index (χ0) is 66.5. The smallest absolute Gasteiger partial charge is 0.145 e. The van der Waals surface area contributed by atoms with Crippen LogP contribution in [0, 0.1) is 29.6 Å². The fourth-order valence-corrected chi connectivity index (χ4v) is 15.6. The molecule has 100 heavy (non-hydrogen) atoms. The van der Waals surface area contributed by atoms with Crippen molar-refractivity contribution in [3.05, 3.63) is 354 Å². The SMILES string of the molecule is Cc1ccc2c(c1)=CN(c1ccc3oc4c(c(C#N)cc5c(N(c6ccc7ccccc7c6)c6ccc7c(-c8ccccc8)cccc7c6)c(C#N)c6c(/C(=N/c7ccccc7)c7ccccc7)cc7oc8c(-c9ccc(-c%10ccccc%10)cc9)cccc8c7c6c54)c3c1)C1C=CC=CC=21. The largest absolute Gasteiger partial charge is 0.455 e. The van der Waals surface area contributed by atoms with Crippen molar-refractivity contribution in [2.75, 3.05) is 9.80 Å². The predicted octanol–water partition coefficient (Wildman–Crippen LogP) is 22.7. The van der Waals surface area contributed by atoms with Crippen molar-refractivity contribution in [2.24, 2.45) is 4.99 Å². The van der Waals surface area contributed by atoms with E-state index in [0.717, 1.165) is 110 Å². The molecular formula is C93H57N5O2. The number of rotatable bonds is 10. The summed E-state index contributed by atoms with van der Waals surface area (Å²) in [5.74, 6) is 0. The van der Waals surface area contributed by atoms with Crippen molar-refractivity contribution < 1.29 is 8.83 Å². The molecule has 0 N–H and O–H groups in total. The van der Waals surface area contributed by atoms with Gasteiger partial charge in [0.25, 0.3) is 0 Å². The van der Waals surface area contributed by atoms with E-state index in [9.17, 15) is 10.5 Å². The highest BCUT2D eigenvalue weighted by atomic mass is 16.3. The Bertz CT molecular complexity index is 6610. The van der Waals surface area contributed by atoms with Crippen molar-refractivity contribution in [1.29, 1.82) is 10.5 Å². The van der Waals surface area contributed by atoms with E-state index in [1.165, 1.54) is 16.4 Å². The number of allylic oxidation sites excluding steroid dienone is 2. The molecule has 466 valence electrons. The van der Waals surface area contributed by atoms with Gasteiger partial charge in [0.1, 0.15) is 28.4 Å². The molecule has 7 heteroatoms. The number of nitrogens with zero attached hydrogens (tertiary/aromatic N) is 5. The lowest BCUT2D eigenvalue weighted by atomic mass is 9.84. The standard InChI is InChI=1S/C93H57N5O2/c1-57-36-45-74-67(48-57)56-97(82-35-17-16-31-76(74)82)69-44-47-83-78(52-69)85-66(54-94)51-80-88(93(85)99-83)89-86(81(55-95)91(80)98(70-42-41-59-22-14-15-27-64(59)49-70)71-43-46-73-65(50-71)28-18-32-72(73)61-23-8-3-9-24-61)79(90(63-25-10-4-11-26-63)96-68-29-12-5-13-30-68)53-84-87(89)77-34-19-33-75(92(77)100-84)62-39-37-60(38-40-62)58-20-6-2-7-21-58/h2-53,56,82H,1H3/b96-90+. The van der Waals surface area contributed by atoms with Crippen LogP contribution in [0.15, 0.2) is 329 Å². The van der Waals surface area contributed by atoms with Gasteiger partial charge < -0.3 is 18.6 Å². The third-order valence-electron chi connectivity index (χ3n) is 20.2. The summed E-state index contributed by atoms with van der Waals surface area (Å²) in [6.07, 6.45) is 10.9. The highest BCUT2D eigenvalue weighted by Gasteiger charge is 2.33. The summed E-state index contributed by atoms with van der Waals surface area (Å²) in [7, 11) is 0. The lowest BCUT2D eigenvalue weighted by molar-refractivity contribution is 0.670. The maximum atomic E-state index is 12.9. The number of furan rings is 2. The minimum Gasteiger partial charge on any atom is -0.455 e. The minimum atomic E-state index is -0.0896. The summed E-state index contributed by atoms with van der Waals surface area (Å²) in [5, 5.41) is 37.3. The van der Waals surface area contributed by atoms with E-state index in [-0.39, 0.29) is 6.04 Å². The molecule has 15 aromatic carbocycles. The first-order chi connectivity index (χ1) is 49.4. The molecule has 19 rings (SSSR count). The molecule has 1 aliphatic heterocycles. The molecule has 17 aromatic rings. The first-order valence-electron chi connectivity index (χ1n) is 33.7. The van der Waals surface area contributed by atoms with Crippen molar-refractivity contribution in [3.8, 4) is 45.5 Å². The zero-order valence-electron chi connectivity index (χ0n) is 54.2. The fraction of sp³-hybridized carbons (Fsp3) is 0.0215. The van der Waals surface area contributed by atoms with Gasteiger partial charge in [-0.1, -0.05) is 248 Å². The molecule has 2 aromatic heterocycles. The zero-order valence-corrected chi connectivity index (χ0v) is 54.2. The number of aryl methyl sites for hydroxylation is 1.